The highest BCUT2D eigenvalue weighted by molar-refractivity contribution is 5.47. The van der Waals surface area contributed by atoms with Crippen LogP contribution < -0.4 is 15.0 Å². The van der Waals surface area contributed by atoms with Crippen LogP contribution in [0.2, 0.25) is 0 Å². The molecule has 1 aromatic carbocycles. The van der Waals surface area contributed by atoms with Crippen molar-refractivity contribution in [3.8, 4) is 5.88 Å². The molecule has 1 saturated heterocycles. The van der Waals surface area contributed by atoms with E-state index in [0.29, 0.717) is 6.10 Å². The number of ether oxygens (including phenoxy) is 1. The zero-order valence-electron chi connectivity index (χ0n) is 16.2. The van der Waals surface area contributed by atoms with Gasteiger partial charge >= 0.3 is 0 Å². The number of rotatable bonds is 7. The van der Waals surface area contributed by atoms with Gasteiger partial charge in [0.2, 0.25) is 5.88 Å². The largest absolute Gasteiger partial charge is 0.474 e. The lowest BCUT2D eigenvalue weighted by molar-refractivity contribution is 0.201. The summed E-state index contributed by atoms with van der Waals surface area (Å²) in [5.74, 6) is 0.770. The Balaban J connectivity index is 1.25. The number of pyridine rings is 1. The van der Waals surface area contributed by atoms with E-state index in [2.05, 4.69) is 51.6 Å². The first-order valence-corrected chi connectivity index (χ1v) is 10.5. The number of piperidine rings is 1. The van der Waals surface area contributed by atoms with Gasteiger partial charge in [-0.05, 0) is 74.3 Å². The Hall–Kier alpha value is -2.07. The number of benzene rings is 1. The number of hydrogen-bond acceptors (Lipinski definition) is 4. The van der Waals surface area contributed by atoms with Gasteiger partial charge in [-0.2, -0.15) is 0 Å². The molecule has 1 saturated carbocycles. The van der Waals surface area contributed by atoms with Crippen molar-refractivity contribution in [2.45, 2.75) is 64.1 Å². The Morgan fingerprint density at radius 2 is 1.63 bits per heavy atom. The summed E-state index contributed by atoms with van der Waals surface area (Å²) in [5, 5.41) is 3.54. The summed E-state index contributed by atoms with van der Waals surface area (Å²) in [6.45, 7) is 4.11. The van der Waals surface area contributed by atoms with E-state index in [-0.39, 0.29) is 0 Å². The maximum Gasteiger partial charge on any atom is 0.213 e. The van der Waals surface area contributed by atoms with Gasteiger partial charge in [0.15, 0.2) is 0 Å². The molecule has 2 heterocycles. The van der Waals surface area contributed by atoms with E-state index < -0.39 is 0 Å². The van der Waals surface area contributed by atoms with Gasteiger partial charge < -0.3 is 15.0 Å². The van der Waals surface area contributed by atoms with Gasteiger partial charge in [-0.1, -0.05) is 12.1 Å². The number of nitrogens with one attached hydrogen (secondary N) is 1. The average molecular weight is 366 g/mol. The second kappa shape index (κ2) is 9.23. The Morgan fingerprint density at radius 1 is 0.889 bits per heavy atom. The average Bonchev–Trinajstić information content (AvgIpc) is 3.23. The molecule has 4 rings (SSSR count). The van der Waals surface area contributed by atoms with Crippen LogP contribution in [-0.4, -0.2) is 24.2 Å². The minimum Gasteiger partial charge on any atom is -0.474 e. The maximum atomic E-state index is 6.01. The van der Waals surface area contributed by atoms with Gasteiger partial charge in [-0.25, -0.2) is 4.98 Å². The molecule has 0 unspecified atom stereocenters. The fraction of sp³-hybridized carbons (Fsp3) is 0.522. The van der Waals surface area contributed by atoms with Crippen LogP contribution in [0.15, 0.2) is 42.6 Å². The molecule has 4 nitrogen and oxygen atoms in total. The smallest absolute Gasteiger partial charge is 0.213 e. The normalized spacial score (nSPS) is 18.0. The van der Waals surface area contributed by atoms with Crippen LogP contribution in [0.4, 0.5) is 5.69 Å². The van der Waals surface area contributed by atoms with Gasteiger partial charge in [-0.3, -0.25) is 0 Å². The highest BCUT2D eigenvalue weighted by Gasteiger charge is 2.17. The van der Waals surface area contributed by atoms with E-state index in [0.717, 1.165) is 31.8 Å². The van der Waals surface area contributed by atoms with Crippen LogP contribution in [0.25, 0.3) is 0 Å². The third kappa shape index (κ3) is 5.23. The zero-order chi connectivity index (χ0) is 18.3. The van der Waals surface area contributed by atoms with E-state index in [1.54, 1.807) is 0 Å². The Labute approximate surface area is 162 Å². The maximum absolute atomic E-state index is 6.01. The first-order chi connectivity index (χ1) is 13.4. The Kier molecular flexibility index (Phi) is 6.25. The van der Waals surface area contributed by atoms with Crippen molar-refractivity contribution in [1.29, 1.82) is 0 Å². The van der Waals surface area contributed by atoms with Crippen LogP contribution in [0, 0.1) is 0 Å². The molecule has 0 atom stereocenters. The number of aromatic nitrogens is 1. The second-order valence-corrected chi connectivity index (χ2v) is 7.84. The number of nitrogens with zero attached hydrogens (tertiary/aromatic N) is 2. The molecule has 0 radical (unpaired) electrons. The van der Waals surface area contributed by atoms with E-state index in [1.165, 1.54) is 62.0 Å². The minimum atomic E-state index is 0.360. The van der Waals surface area contributed by atoms with Crippen molar-refractivity contribution in [2.24, 2.45) is 0 Å². The molecule has 2 aliphatic rings. The fourth-order valence-corrected chi connectivity index (χ4v) is 4.13. The van der Waals surface area contributed by atoms with Crippen molar-refractivity contribution in [3.05, 3.63) is 53.7 Å². The SMILES string of the molecule is c1cc(CNCc2ccc(N3CCCCC3)cc2)cc(OC2CCCC2)n1. The number of anilines is 1. The number of hydrogen-bond donors (Lipinski definition) is 1. The van der Waals surface area contributed by atoms with Gasteiger partial charge in [0.25, 0.3) is 0 Å². The lowest BCUT2D eigenvalue weighted by Crippen LogP contribution is -2.29. The van der Waals surface area contributed by atoms with Crippen molar-refractivity contribution in [2.75, 3.05) is 18.0 Å². The Morgan fingerprint density at radius 3 is 2.41 bits per heavy atom. The molecular formula is C23H31N3O. The molecule has 0 spiro atoms. The van der Waals surface area contributed by atoms with Crippen molar-refractivity contribution in [3.63, 3.8) is 0 Å². The van der Waals surface area contributed by atoms with E-state index in [4.69, 9.17) is 4.74 Å². The molecule has 0 bridgehead atoms. The van der Waals surface area contributed by atoms with Gasteiger partial charge in [-0.15, -0.1) is 0 Å². The molecule has 0 amide bonds. The molecule has 27 heavy (non-hydrogen) atoms. The monoisotopic (exact) mass is 365 g/mol. The molecular weight excluding hydrogens is 334 g/mol. The van der Waals surface area contributed by atoms with Crippen LogP contribution in [0.3, 0.4) is 0 Å². The highest BCUT2D eigenvalue weighted by Crippen LogP contribution is 2.23. The third-order valence-corrected chi connectivity index (χ3v) is 5.70. The van der Waals surface area contributed by atoms with Gasteiger partial charge in [0.1, 0.15) is 6.10 Å². The van der Waals surface area contributed by atoms with Gasteiger partial charge in [0, 0.05) is 44.1 Å². The predicted octanol–water partition coefficient (Wildman–Crippen LogP) is 4.68. The van der Waals surface area contributed by atoms with Crippen molar-refractivity contribution in [1.82, 2.24) is 10.3 Å². The van der Waals surface area contributed by atoms with Crippen LogP contribution in [0.5, 0.6) is 5.88 Å². The quantitative estimate of drug-likeness (QED) is 0.773. The summed E-state index contributed by atoms with van der Waals surface area (Å²) in [6.07, 6.45) is 11.1. The third-order valence-electron chi connectivity index (χ3n) is 5.70. The van der Waals surface area contributed by atoms with E-state index in [9.17, 15) is 0 Å². The molecule has 2 fully saturated rings. The minimum absolute atomic E-state index is 0.360. The molecule has 1 N–H and O–H groups in total. The summed E-state index contributed by atoms with van der Waals surface area (Å²) in [4.78, 5) is 6.87. The lowest BCUT2D eigenvalue weighted by Gasteiger charge is -2.28. The molecule has 2 aromatic rings. The van der Waals surface area contributed by atoms with Crippen LogP contribution in [0.1, 0.15) is 56.1 Å². The summed E-state index contributed by atoms with van der Waals surface area (Å²) < 4.78 is 6.01. The van der Waals surface area contributed by atoms with Crippen molar-refractivity contribution < 1.29 is 4.74 Å². The van der Waals surface area contributed by atoms with Crippen LogP contribution >= 0.6 is 0 Å². The summed E-state index contributed by atoms with van der Waals surface area (Å²) in [5.41, 5.74) is 3.91. The lowest BCUT2D eigenvalue weighted by atomic mass is 10.1. The zero-order valence-corrected chi connectivity index (χ0v) is 16.2. The molecule has 1 aliphatic heterocycles. The molecule has 4 heteroatoms. The topological polar surface area (TPSA) is 37.4 Å². The molecule has 144 valence electrons. The first-order valence-electron chi connectivity index (χ1n) is 10.5. The first kappa shape index (κ1) is 18.3. The second-order valence-electron chi connectivity index (χ2n) is 7.84. The predicted molar refractivity (Wildman–Crippen MR) is 110 cm³/mol. The summed E-state index contributed by atoms with van der Waals surface area (Å²) in [7, 11) is 0. The van der Waals surface area contributed by atoms with Crippen LogP contribution in [-0.2, 0) is 13.1 Å². The highest BCUT2D eigenvalue weighted by atomic mass is 16.5. The molecule has 1 aromatic heterocycles. The van der Waals surface area contributed by atoms with Gasteiger partial charge in [0.05, 0.1) is 0 Å². The fourth-order valence-electron chi connectivity index (χ4n) is 4.13. The molecule has 1 aliphatic carbocycles. The van der Waals surface area contributed by atoms with Crippen molar-refractivity contribution >= 4 is 5.69 Å². The Bertz CT molecular complexity index is 704. The summed E-state index contributed by atoms with van der Waals surface area (Å²) in [6, 6.07) is 13.2. The standard InChI is InChI=1S/C23H31N3O/c1-4-14-26(15-5-1)21-10-8-19(9-11-21)17-24-18-20-12-13-25-23(16-20)27-22-6-2-3-7-22/h8-13,16,22,24H,1-7,14-15,17-18H2. The summed E-state index contributed by atoms with van der Waals surface area (Å²) >= 11 is 0. The van der Waals surface area contributed by atoms with E-state index in [1.807, 2.05) is 6.20 Å². The van der Waals surface area contributed by atoms with E-state index >= 15 is 0 Å².